The summed E-state index contributed by atoms with van der Waals surface area (Å²) >= 11 is 0. The van der Waals surface area contributed by atoms with Gasteiger partial charge in [0, 0.05) is 58.8 Å². The molecule has 0 saturated carbocycles. The van der Waals surface area contributed by atoms with Crippen molar-refractivity contribution < 1.29 is 14.3 Å². The monoisotopic (exact) mass is 514 g/mol. The van der Waals surface area contributed by atoms with Gasteiger partial charge in [0.05, 0.1) is 6.61 Å². The fraction of sp³-hybridized carbons (Fsp3) is 0.643. The van der Waals surface area contributed by atoms with E-state index in [1.807, 2.05) is 36.4 Å². The molecule has 9 nitrogen and oxygen atoms in total. The van der Waals surface area contributed by atoms with E-state index in [4.69, 9.17) is 14.7 Å². The molecule has 0 bridgehead atoms. The Kier molecular flexibility index (Phi) is 13.1. The number of carbonyl (C=O) groups excluding carboxylic acids is 2. The van der Waals surface area contributed by atoms with E-state index < -0.39 is 0 Å². The highest BCUT2D eigenvalue weighted by Gasteiger charge is 2.30. The zero-order valence-corrected chi connectivity index (χ0v) is 23.7. The number of methoxy groups -OCH3 is 1. The molecular weight excluding hydrogens is 468 g/mol. The normalized spacial score (nSPS) is 11.0. The lowest BCUT2D eigenvalue weighted by molar-refractivity contribution is 0.0687. The summed E-state index contributed by atoms with van der Waals surface area (Å²) in [5, 5.41) is 0. The highest BCUT2D eigenvalue weighted by atomic mass is 16.5. The van der Waals surface area contributed by atoms with Crippen LogP contribution in [-0.2, 0) is 4.74 Å². The minimum Gasteiger partial charge on any atom is -0.383 e. The van der Waals surface area contributed by atoms with Crippen LogP contribution in [0.25, 0.3) is 5.82 Å². The number of anilines is 1. The smallest absolute Gasteiger partial charge is 0.276 e. The first-order valence-electron chi connectivity index (χ1n) is 13.8. The van der Waals surface area contributed by atoms with Crippen molar-refractivity contribution in [1.82, 2.24) is 24.3 Å². The molecule has 0 N–H and O–H groups in total. The maximum atomic E-state index is 14.0. The van der Waals surface area contributed by atoms with E-state index in [2.05, 4.69) is 32.6 Å². The molecule has 2 heterocycles. The predicted molar refractivity (Wildman–Crippen MR) is 149 cm³/mol. The Balaban J connectivity index is 2.79. The molecule has 0 aromatic carbocycles. The van der Waals surface area contributed by atoms with Gasteiger partial charge in [-0.3, -0.25) is 9.59 Å². The van der Waals surface area contributed by atoms with Crippen LogP contribution in [0, 0.1) is 0 Å². The molecule has 0 aliphatic rings. The van der Waals surface area contributed by atoms with Crippen LogP contribution >= 0.6 is 0 Å². The summed E-state index contributed by atoms with van der Waals surface area (Å²) in [6.07, 6.45) is 7.97. The molecule has 0 aliphatic heterocycles. The largest absolute Gasteiger partial charge is 0.383 e. The zero-order valence-electron chi connectivity index (χ0n) is 23.7. The second-order valence-corrected chi connectivity index (χ2v) is 9.22. The van der Waals surface area contributed by atoms with E-state index in [1.165, 1.54) is 0 Å². The highest BCUT2D eigenvalue weighted by Crippen LogP contribution is 2.25. The number of nitrogens with zero attached hydrogens (tertiary/aromatic N) is 6. The van der Waals surface area contributed by atoms with Gasteiger partial charge in [0.2, 0.25) is 0 Å². The molecular formula is C28H46N6O3. The van der Waals surface area contributed by atoms with Crippen LogP contribution in [0.1, 0.15) is 87.7 Å². The van der Waals surface area contributed by atoms with Crippen LogP contribution in [0.15, 0.2) is 24.5 Å². The second kappa shape index (κ2) is 16.0. The molecule has 2 amide bonds. The van der Waals surface area contributed by atoms with Crippen LogP contribution < -0.4 is 4.90 Å². The first-order chi connectivity index (χ1) is 18.0. The topological polar surface area (TPSA) is 83.8 Å². The summed E-state index contributed by atoms with van der Waals surface area (Å²) in [6, 6.07) is 3.76. The zero-order chi connectivity index (χ0) is 27.2. The van der Waals surface area contributed by atoms with Gasteiger partial charge in [0.15, 0.2) is 23.0 Å². The summed E-state index contributed by atoms with van der Waals surface area (Å²) < 4.78 is 7.05. The molecule has 0 spiro atoms. The minimum absolute atomic E-state index is 0.155. The lowest BCUT2D eigenvalue weighted by Crippen LogP contribution is -2.39. The third-order valence-electron chi connectivity index (χ3n) is 6.02. The van der Waals surface area contributed by atoms with Crippen molar-refractivity contribution in [1.29, 1.82) is 0 Å². The van der Waals surface area contributed by atoms with Gasteiger partial charge >= 0.3 is 0 Å². The molecule has 0 saturated heterocycles. The number of aromatic nitrogens is 3. The maximum absolute atomic E-state index is 14.0. The molecule has 0 atom stereocenters. The molecule has 0 unspecified atom stereocenters. The summed E-state index contributed by atoms with van der Waals surface area (Å²) in [4.78, 5) is 43.4. The van der Waals surface area contributed by atoms with Gasteiger partial charge in [-0.25, -0.2) is 9.97 Å². The Morgan fingerprint density at radius 1 is 0.730 bits per heavy atom. The number of ether oxygens (including phenoxy) is 1. The lowest BCUT2D eigenvalue weighted by atomic mass is 10.2. The molecule has 37 heavy (non-hydrogen) atoms. The van der Waals surface area contributed by atoms with E-state index in [1.54, 1.807) is 16.6 Å². The minimum atomic E-state index is -0.190. The van der Waals surface area contributed by atoms with E-state index in [0.29, 0.717) is 44.4 Å². The first kappa shape index (κ1) is 30.3. The fourth-order valence-corrected chi connectivity index (χ4v) is 4.38. The van der Waals surface area contributed by atoms with Crippen LogP contribution in [0.2, 0.25) is 0 Å². The number of hydrogen-bond donors (Lipinski definition) is 0. The quantitative estimate of drug-likeness (QED) is 0.305. The molecule has 206 valence electrons. The van der Waals surface area contributed by atoms with Crippen molar-refractivity contribution in [3.05, 3.63) is 35.9 Å². The van der Waals surface area contributed by atoms with Gasteiger partial charge in [0.25, 0.3) is 11.8 Å². The molecule has 2 aromatic rings. The Morgan fingerprint density at radius 2 is 1.22 bits per heavy atom. The van der Waals surface area contributed by atoms with E-state index in [9.17, 15) is 9.59 Å². The first-order valence-corrected chi connectivity index (χ1v) is 13.8. The third-order valence-corrected chi connectivity index (χ3v) is 6.02. The molecule has 2 aromatic heterocycles. The van der Waals surface area contributed by atoms with E-state index in [-0.39, 0.29) is 23.2 Å². The molecule has 0 radical (unpaired) electrons. The average Bonchev–Trinajstić information content (AvgIpc) is 3.44. The SMILES string of the molecule is CCCN(CCOC)C(=O)c1nc(-n2cccc2)c(C(=O)N(CCC)CCC)nc1N(CCC)CCC. The Morgan fingerprint density at radius 3 is 1.70 bits per heavy atom. The van der Waals surface area contributed by atoms with Crippen LogP contribution in [0.5, 0.6) is 0 Å². The number of rotatable bonds is 17. The summed E-state index contributed by atoms with van der Waals surface area (Å²) in [7, 11) is 1.63. The van der Waals surface area contributed by atoms with Crippen molar-refractivity contribution >= 4 is 17.6 Å². The van der Waals surface area contributed by atoms with Crippen molar-refractivity contribution in [2.45, 2.75) is 66.7 Å². The Bertz CT molecular complexity index is 951. The standard InChI is InChI=1S/C28H46N6O3/c1-7-14-31(15-8-2)25-23(28(36)34(18-11-5)21-22-37-6)30-26(32-19-12-13-20-32)24(29-25)27(35)33(16-9-3)17-10-4/h12-13,19-20H,7-11,14-18,21-22H2,1-6H3. The number of hydrogen-bond acceptors (Lipinski definition) is 6. The van der Waals surface area contributed by atoms with Crippen LogP contribution in [-0.4, -0.2) is 89.1 Å². The summed E-state index contributed by atoms with van der Waals surface area (Å²) in [5.41, 5.74) is 0.560. The number of amides is 2. The Labute approximate surface area is 222 Å². The molecule has 2 rings (SSSR count). The fourth-order valence-electron chi connectivity index (χ4n) is 4.38. The summed E-state index contributed by atoms with van der Waals surface area (Å²) in [6.45, 7) is 14.6. The Hall–Kier alpha value is -2.94. The van der Waals surface area contributed by atoms with Gasteiger partial charge in [-0.15, -0.1) is 0 Å². The molecule has 0 fully saturated rings. The maximum Gasteiger partial charge on any atom is 0.276 e. The summed E-state index contributed by atoms with van der Waals surface area (Å²) in [5.74, 6) is 0.526. The lowest BCUT2D eigenvalue weighted by Gasteiger charge is -2.29. The molecule has 0 aliphatic carbocycles. The second-order valence-electron chi connectivity index (χ2n) is 9.22. The van der Waals surface area contributed by atoms with Crippen LogP contribution in [0.4, 0.5) is 5.82 Å². The predicted octanol–water partition coefficient (Wildman–Crippen LogP) is 4.65. The highest BCUT2D eigenvalue weighted by molar-refractivity contribution is 6.00. The number of carbonyl (C=O) groups is 2. The van der Waals surface area contributed by atoms with Crippen molar-refractivity contribution in [3.63, 3.8) is 0 Å². The van der Waals surface area contributed by atoms with Gasteiger partial charge in [0.1, 0.15) is 0 Å². The van der Waals surface area contributed by atoms with E-state index >= 15 is 0 Å². The van der Waals surface area contributed by atoms with E-state index in [0.717, 1.165) is 45.2 Å². The van der Waals surface area contributed by atoms with Gasteiger partial charge < -0.3 is 24.0 Å². The van der Waals surface area contributed by atoms with Crippen LogP contribution in [0.3, 0.4) is 0 Å². The van der Waals surface area contributed by atoms with Crippen molar-refractivity contribution in [3.8, 4) is 5.82 Å². The van der Waals surface area contributed by atoms with Gasteiger partial charge in [-0.05, 0) is 44.2 Å². The van der Waals surface area contributed by atoms with Gasteiger partial charge in [-0.2, -0.15) is 0 Å². The third kappa shape index (κ3) is 8.02. The van der Waals surface area contributed by atoms with Crippen molar-refractivity contribution in [2.75, 3.05) is 57.9 Å². The van der Waals surface area contributed by atoms with Gasteiger partial charge in [-0.1, -0.05) is 34.6 Å². The van der Waals surface area contributed by atoms with Crippen molar-refractivity contribution in [2.24, 2.45) is 0 Å². The average molecular weight is 515 g/mol. The molecule has 9 heteroatoms.